The van der Waals surface area contributed by atoms with Gasteiger partial charge in [0.25, 0.3) is 0 Å². The Morgan fingerprint density at radius 1 is 0.810 bits per heavy atom. The van der Waals surface area contributed by atoms with Crippen LogP contribution in [-0.2, 0) is 4.79 Å². The maximum Gasteiger partial charge on any atom is 0.335 e. The number of aliphatic hydroxyl groups excluding tert-OH is 2. The molecule has 0 spiro atoms. The average Bonchev–Trinajstić information content (AvgIpc) is 2.53. The maximum atomic E-state index is 12.2. The molecule has 0 fully saturated rings. The van der Waals surface area contributed by atoms with Crippen molar-refractivity contribution >= 4 is 11.8 Å². The zero-order chi connectivity index (χ0) is 15.4. The topological polar surface area (TPSA) is 94.8 Å². The van der Waals surface area contributed by atoms with Crippen molar-refractivity contribution in [3.05, 3.63) is 71.3 Å². The van der Waals surface area contributed by atoms with Crippen molar-refractivity contribution in [3.8, 4) is 0 Å². The van der Waals surface area contributed by atoms with E-state index in [1.165, 1.54) is 24.3 Å². The SMILES string of the molecule is O=C(c1ccccc1)c1ccc(C(O)C(O)C(=O)O)cc1. The minimum atomic E-state index is -1.90. The Morgan fingerprint density at radius 2 is 1.33 bits per heavy atom. The molecule has 2 unspecified atom stereocenters. The molecule has 108 valence electrons. The summed E-state index contributed by atoms with van der Waals surface area (Å²) in [5.41, 5.74) is 1.19. The third-order valence-electron chi connectivity index (χ3n) is 3.10. The molecule has 0 bridgehead atoms. The smallest absolute Gasteiger partial charge is 0.335 e. The Labute approximate surface area is 121 Å². The van der Waals surface area contributed by atoms with E-state index in [9.17, 15) is 19.8 Å². The zero-order valence-electron chi connectivity index (χ0n) is 11.0. The number of carbonyl (C=O) groups is 2. The van der Waals surface area contributed by atoms with E-state index in [4.69, 9.17) is 5.11 Å². The van der Waals surface area contributed by atoms with E-state index in [0.717, 1.165) is 0 Å². The molecule has 21 heavy (non-hydrogen) atoms. The van der Waals surface area contributed by atoms with E-state index in [0.29, 0.717) is 11.1 Å². The zero-order valence-corrected chi connectivity index (χ0v) is 11.0. The first-order valence-electron chi connectivity index (χ1n) is 6.29. The Balaban J connectivity index is 2.20. The van der Waals surface area contributed by atoms with Crippen molar-refractivity contribution in [2.45, 2.75) is 12.2 Å². The van der Waals surface area contributed by atoms with E-state index in [1.807, 2.05) is 6.07 Å². The van der Waals surface area contributed by atoms with Gasteiger partial charge in [-0.2, -0.15) is 0 Å². The largest absolute Gasteiger partial charge is 0.479 e. The van der Waals surface area contributed by atoms with Crippen LogP contribution in [0.1, 0.15) is 27.6 Å². The molecule has 0 aliphatic carbocycles. The molecule has 0 aliphatic rings. The molecule has 5 heteroatoms. The number of benzene rings is 2. The fourth-order valence-electron chi connectivity index (χ4n) is 1.91. The Bertz CT molecular complexity index is 633. The van der Waals surface area contributed by atoms with Crippen molar-refractivity contribution in [2.24, 2.45) is 0 Å². The minimum absolute atomic E-state index is 0.171. The lowest BCUT2D eigenvalue weighted by Gasteiger charge is -2.14. The minimum Gasteiger partial charge on any atom is -0.479 e. The fourth-order valence-corrected chi connectivity index (χ4v) is 1.91. The first-order valence-corrected chi connectivity index (χ1v) is 6.29. The number of carboxylic acids is 1. The number of aliphatic hydroxyl groups is 2. The Kier molecular flexibility index (Phi) is 4.47. The molecule has 2 aromatic rings. The predicted molar refractivity (Wildman–Crippen MR) is 74.9 cm³/mol. The Morgan fingerprint density at radius 3 is 1.86 bits per heavy atom. The van der Waals surface area contributed by atoms with E-state index >= 15 is 0 Å². The molecule has 5 nitrogen and oxygen atoms in total. The second-order valence-electron chi connectivity index (χ2n) is 4.55. The molecule has 0 aromatic heterocycles. The van der Waals surface area contributed by atoms with Crippen molar-refractivity contribution in [1.29, 1.82) is 0 Å². The lowest BCUT2D eigenvalue weighted by molar-refractivity contribution is -0.153. The third-order valence-corrected chi connectivity index (χ3v) is 3.10. The van der Waals surface area contributed by atoms with Gasteiger partial charge in [0.1, 0.15) is 6.10 Å². The van der Waals surface area contributed by atoms with Crippen LogP contribution < -0.4 is 0 Å². The number of carbonyl (C=O) groups excluding carboxylic acids is 1. The second kappa shape index (κ2) is 6.30. The van der Waals surface area contributed by atoms with Gasteiger partial charge in [-0.05, 0) is 5.56 Å². The standard InChI is InChI=1S/C16H14O5/c17-13(10-4-2-1-3-5-10)11-6-8-12(9-7-11)14(18)15(19)16(20)21/h1-9,14-15,18-19H,(H,20,21). The molecule has 3 N–H and O–H groups in total. The van der Waals surface area contributed by atoms with Crippen LogP contribution >= 0.6 is 0 Å². The molecular weight excluding hydrogens is 272 g/mol. The molecule has 2 rings (SSSR count). The van der Waals surface area contributed by atoms with Crippen molar-refractivity contribution < 1.29 is 24.9 Å². The van der Waals surface area contributed by atoms with Crippen LogP contribution in [-0.4, -0.2) is 33.2 Å². The van der Waals surface area contributed by atoms with E-state index in [2.05, 4.69) is 0 Å². The highest BCUT2D eigenvalue weighted by Crippen LogP contribution is 2.19. The van der Waals surface area contributed by atoms with Gasteiger partial charge in [-0.3, -0.25) is 4.79 Å². The number of hydrogen-bond donors (Lipinski definition) is 3. The van der Waals surface area contributed by atoms with Crippen LogP contribution in [0.5, 0.6) is 0 Å². The van der Waals surface area contributed by atoms with E-state index in [-0.39, 0.29) is 11.3 Å². The summed E-state index contributed by atoms with van der Waals surface area (Å²) < 4.78 is 0. The van der Waals surface area contributed by atoms with Crippen LogP contribution in [0.15, 0.2) is 54.6 Å². The molecule has 0 heterocycles. The van der Waals surface area contributed by atoms with Gasteiger partial charge in [-0.1, -0.05) is 54.6 Å². The number of aliphatic carboxylic acids is 1. The fraction of sp³-hybridized carbons (Fsp3) is 0.125. The highest BCUT2D eigenvalue weighted by Gasteiger charge is 2.25. The molecule has 2 atom stereocenters. The summed E-state index contributed by atoms with van der Waals surface area (Å²) in [6.07, 6.45) is -3.44. The molecule has 0 saturated heterocycles. The van der Waals surface area contributed by atoms with E-state index in [1.54, 1.807) is 24.3 Å². The lowest BCUT2D eigenvalue weighted by Crippen LogP contribution is -2.27. The number of ketones is 1. The Hall–Kier alpha value is -2.50. The number of carboxylic acid groups (broad SMARTS) is 1. The second-order valence-corrected chi connectivity index (χ2v) is 4.55. The number of hydrogen-bond acceptors (Lipinski definition) is 4. The molecule has 0 saturated carbocycles. The molecular formula is C16H14O5. The first-order chi connectivity index (χ1) is 10.0. The molecule has 2 aromatic carbocycles. The van der Waals surface area contributed by atoms with Gasteiger partial charge in [-0.25, -0.2) is 4.79 Å². The highest BCUT2D eigenvalue weighted by molar-refractivity contribution is 6.08. The molecule has 0 amide bonds. The van der Waals surface area contributed by atoms with Crippen LogP contribution in [0.4, 0.5) is 0 Å². The van der Waals surface area contributed by atoms with Gasteiger partial charge < -0.3 is 15.3 Å². The van der Waals surface area contributed by atoms with Crippen LogP contribution in [0.25, 0.3) is 0 Å². The third kappa shape index (κ3) is 3.34. The molecule has 0 aliphatic heterocycles. The van der Waals surface area contributed by atoms with Gasteiger partial charge >= 0.3 is 5.97 Å². The summed E-state index contributed by atoms with van der Waals surface area (Å²) in [6.45, 7) is 0. The normalized spacial score (nSPS) is 13.4. The van der Waals surface area contributed by atoms with Crippen LogP contribution in [0.2, 0.25) is 0 Å². The van der Waals surface area contributed by atoms with Crippen molar-refractivity contribution in [1.82, 2.24) is 0 Å². The number of rotatable bonds is 5. The van der Waals surface area contributed by atoms with Gasteiger partial charge in [0, 0.05) is 11.1 Å². The van der Waals surface area contributed by atoms with Crippen LogP contribution in [0.3, 0.4) is 0 Å². The average molecular weight is 286 g/mol. The van der Waals surface area contributed by atoms with Crippen molar-refractivity contribution in [3.63, 3.8) is 0 Å². The monoisotopic (exact) mass is 286 g/mol. The van der Waals surface area contributed by atoms with Crippen LogP contribution in [0, 0.1) is 0 Å². The lowest BCUT2D eigenvalue weighted by atomic mass is 9.99. The summed E-state index contributed by atoms with van der Waals surface area (Å²) in [6, 6.07) is 14.5. The summed E-state index contributed by atoms with van der Waals surface area (Å²) in [5, 5.41) is 27.6. The van der Waals surface area contributed by atoms with E-state index < -0.39 is 18.2 Å². The highest BCUT2D eigenvalue weighted by atomic mass is 16.4. The summed E-state index contributed by atoms with van der Waals surface area (Å²) in [4.78, 5) is 22.8. The first kappa shape index (κ1) is 14.9. The van der Waals surface area contributed by atoms with Gasteiger partial charge in [0.05, 0.1) is 0 Å². The molecule has 0 radical (unpaired) electrons. The summed E-state index contributed by atoms with van der Waals surface area (Å²) >= 11 is 0. The van der Waals surface area contributed by atoms with Crippen molar-refractivity contribution in [2.75, 3.05) is 0 Å². The summed E-state index contributed by atoms with van der Waals surface area (Å²) in [5.74, 6) is -1.68. The van der Waals surface area contributed by atoms with Gasteiger partial charge in [-0.15, -0.1) is 0 Å². The predicted octanol–water partition coefficient (Wildman–Crippen LogP) is 1.40. The van der Waals surface area contributed by atoms with Gasteiger partial charge in [0.2, 0.25) is 0 Å². The summed E-state index contributed by atoms with van der Waals surface area (Å²) in [7, 11) is 0. The quantitative estimate of drug-likeness (QED) is 0.722. The maximum absolute atomic E-state index is 12.2. The van der Waals surface area contributed by atoms with Gasteiger partial charge in [0.15, 0.2) is 11.9 Å².